The van der Waals surface area contributed by atoms with Crippen molar-refractivity contribution in [2.24, 2.45) is 5.92 Å². The molecule has 3 fully saturated rings. The number of carbonyl (C=O) groups excluding carboxylic acids is 2. The molecule has 0 spiro atoms. The van der Waals surface area contributed by atoms with E-state index in [4.69, 9.17) is 47.1 Å². The monoisotopic (exact) mass is 374 g/mol. The lowest BCUT2D eigenvalue weighted by molar-refractivity contribution is -0.0178. The summed E-state index contributed by atoms with van der Waals surface area (Å²) in [6.07, 6.45) is 4.64. The number of hydrogen-bond acceptors (Lipinski definition) is 2. The highest BCUT2D eigenvalue weighted by Crippen LogP contribution is 2.60. The summed E-state index contributed by atoms with van der Waals surface area (Å²) in [6.45, 7) is 1.60. The fraction of sp³-hybridized carbons (Fsp3) is 0.818. The Kier molecular flexibility index (Phi) is 3.60. The zero-order valence-corrected chi connectivity index (χ0v) is 14.3. The maximum absolute atomic E-state index is 12.3. The first-order valence-electron chi connectivity index (χ1n) is 6.73. The zero-order valence-electron chi connectivity index (χ0n) is 11.2. The molecule has 0 aromatic carbocycles. The van der Waals surface area contributed by atoms with Crippen LogP contribution in [0.1, 0.15) is 39.0 Å². The van der Waals surface area contributed by atoms with Crippen molar-refractivity contribution < 1.29 is 9.59 Å². The quantitative estimate of drug-likeness (QED) is 0.648. The largest absolute Gasteiger partial charge is 0.353 e. The van der Waals surface area contributed by atoms with Crippen LogP contribution in [0.2, 0.25) is 0 Å². The molecule has 6 nitrogen and oxygen atoms in total. The SMILES string of the molecule is CC12N(Cl)C(=O)N(Cl)C1(C1CCCCC1)N(Cl)C(=O)N2Cl. The number of urea groups is 2. The van der Waals surface area contributed by atoms with E-state index in [-0.39, 0.29) is 5.92 Å². The summed E-state index contributed by atoms with van der Waals surface area (Å²) in [5.74, 6) is -0.105. The molecule has 1 aliphatic carbocycles. The van der Waals surface area contributed by atoms with E-state index < -0.39 is 23.4 Å². The molecule has 10 heteroatoms. The first kappa shape index (κ1) is 15.6. The van der Waals surface area contributed by atoms with Crippen LogP contribution < -0.4 is 0 Å². The average molecular weight is 376 g/mol. The van der Waals surface area contributed by atoms with Gasteiger partial charge in [0.05, 0.1) is 0 Å². The van der Waals surface area contributed by atoms with E-state index in [1.54, 1.807) is 6.92 Å². The van der Waals surface area contributed by atoms with E-state index in [0.29, 0.717) is 0 Å². The molecule has 0 aromatic heterocycles. The van der Waals surface area contributed by atoms with Gasteiger partial charge in [0.25, 0.3) is 0 Å². The van der Waals surface area contributed by atoms with Crippen LogP contribution in [0.5, 0.6) is 0 Å². The standard InChI is InChI=1S/C11H14Cl4N4O2/c1-10-11(7-5-3-2-4-6-7,18(14)8(20)16(10)12)19(15)9(21)17(10)13/h7H,2-6H2,1H3. The number of nitrogens with zero attached hydrogens (tertiary/aromatic N) is 4. The Morgan fingerprint density at radius 3 is 1.71 bits per heavy atom. The molecular weight excluding hydrogens is 362 g/mol. The highest BCUT2D eigenvalue weighted by atomic mass is 35.5. The second kappa shape index (κ2) is 4.85. The van der Waals surface area contributed by atoms with Crippen molar-refractivity contribution in [2.75, 3.05) is 0 Å². The van der Waals surface area contributed by atoms with Crippen molar-refractivity contribution in [1.82, 2.24) is 17.7 Å². The van der Waals surface area contributed by atoms with Gasteiger partial charge >= 0.3 is 12.1 Å². The Labute approximate surface area is 142 Å². The minimum atomic E-state index is -1.35. The van der Waals surface area contributed by atoms with Crippen LogP contribution in [0.3, 0.4) is 0 Å². The van der Waals surface area contributed by atoms with Gasteiger partial charge in [0.15, 0.2) is 11.3 Å². The molecule has 2 heterocycles. The summed E-state index contributed by atoms with van der Waals surface area (Å²) in [7, 11) is 0. The molecule has 4 amide bonds. The van der Waals surface area contributed by atoms with Crippen molar-refractivity contribution in [3.05, 3.63) is 0 Å². The Morgan fingerprint density at radius 2 is 1.29 bits per heavy atom. The normalized spacial score (nSPS) is 37.8. The smallest absolute Gasteiger partial charge is 0.245 e. The van der Waals surface area contributed by atoms with Gasteiger partial charge in [-0.15, -0.1) is 0 Å². The van der Waals surface area contributed by atoms with Crippen molar-refractivity contribution in [3.63, 3.8) is 0 Å². The fourth-order valence-corrected chi connectivity index (χ4v) is 5.45. The molecule has 2 aliphatic heterocycles. The van der Waals surface area contributed by atoms with Crippen molar-refractivity contribution >= 4 is 59.2 Å². The molecular formula is C11H14Cl4N4O2. The second-order valence-electron chi connectivity index (χ2n) is 5.77. The first-order valence-corrected chi connectivity index (χ1v) is 8.08. The number of hydrogen-bond donors (Lipinski definition) is 0. The Balaban J connectivity index is 2.19. The minimum Gasteiger partial charge on any atom is -0.245 e. The number of halogens is 4. The van der Waals surface area contributed by atoms with Crippen LogP contribution in [0.25, 0.3) is 0 Å². The highest BCUT2D eigenvalue weighted by Gasteiger charge is 2.79. The molecule has 0 aromatic rings. The number of amides is 4. The Morgan fingerprint density at radius 1 is 0.857 bits per heavy atom. The van der Waals surface area contributed by atoms with Crippen LogP contribution in [-0.2, 0) is 0 Å². The van der Waals surface area contributed by atoms with Gasteiger partial charge in [0.2, 0.25) is 0 Å². The maximum Gasteiger partial charge on any atom is 0.353 e. The lowest BCUT2D eigenvalue weighted by atomic mass is 9.75. The summed E-state index contributed by atoms with van der Waals surface area (Å²) < 4.78 is 3.59. The molecule has 1 saturated carbocycles. The molecule has 2 saturated heterocycles. The average Bonchev–Trinajstić information content (AvgIpc) is 2.75. The van der Waals surface area contributed by atoms with Crippen molar-refractivity contribution in [3.8, 4) is 0 Å². The predicted octanol–water partition coefficient (Wildman–Crippen LogP) is 4.07. The number of fused-ring (bicyclic) bond motifs is 1. The molecule has 3 aliphatic rings. The van der Waals surface area contributed by atoms with Crippen LogP contribution in [0.15, 0.2) is 0 Å². The van der Waals surface area contributed by atoms with Crippen molar-refractivity contribution in [1.29, 1.82) is 0 Å². The maximum atomic E-state index is 12.3. The lowest BCUT2D eigenvalue weighted by Crippen LogP contribution is -2.65. The van der Waals surface area contributed by atoms with E-state index in [2.05, 4.69) is 0 Å². The Bertz CT molecular complexity index is 471. The molecule has 0 atom stereocenters. The summed E-state index contributed by atoms with van der Waals surface area (Å²) in [6, 6.07) is -1.29. The predicted molar refractivity (Wildman–Crippen MR) is 79.3 cm³/mol. The highest BCUT2D eigenvalue weighted by molar-refractivity contribution is 6.35. The van der Waals surface area contributed by atoms with E-state index in [9.17, 15) is 9.59 Å². The third-order valence-electron chi connectivity index (χ3n) is 4.91. The molecule has 0 bridgehead atoms. The number of carbonyl (C=O) groups is 2. The van der Waals surface area contributed by atoms with Gasteiger partial charge in [-0.1, -0.05) is 19.3 Å². The molecule has 118 valence electrons. The summed E-state index contributed by atoms with van der Waals surface area (Å²) >= 11 is 24.8. The summed E-state index contributed by atoms with van der Waals surface area (Å²) in [4.78, 5) is 24.6. The van der Waals surface area contributed by atoms with Gasteiger partial charge in [0, 0.05) is 53.0 Å². The third-order valence-corrected chi connectivity index (χ3v) is 6.66. The number of rotatable bonds is 1. The van der Waals surface area contributed by atoms with E-state index in [1.807, 2.05) is 0 Å². The van der Waals surface area contributed by atoms with Gasteiger partial charge in [-0.25, -0.2) is 27.3 Å². The summed E-state index contributed by atoms with van der Waals surface area (Å²) in [5, 5.41) is 0. The zero-order chi connectivity index (χ0) is 15.6. The van der Waals surface area contributed by atoms with Crippen LogP contribution >= 0.6 is 47.1 Å². The van der Waals surface area contributed by atoms with Crippen LogP contribution in [-0.4, -0.2) is 41.1 Å². The van der Waals surface area contributed by atoms with E-state index >= 15 is 0 Å². The summed E-state index contributed by atoms with van der Waals surface area (Å²) in [5.41, 5.74) is -2.65. The first-order chi connectivity index (χ1) is 9.81. The molecule has 0 unspecified atom stereocenters. The van der Waals surface area contributed by atoms with Crippen LogP contribution in [0, 0.1) is 5.92 Å². The fourth-order valence-electron chi connectivity index (χ4n) is 3.85. The lowest BCUT2D eigenvalue weighted by Gasteiger charge is -2.47. The van der Waals surface area contributed by atoms with Gasteiger partial charge in [-0.05, 0) is 19.8 Å². The topological polar surface area (TPSA) is 47.1 Å². The van der Waals surface area contributed by atoms with Gasteiger partial charge in [-0.2, -0.15) is 0 Å². The molecule has 21 heavy (non-hydrogen) atoms. The van der Waals surface area contributed by atoms with Gasteiger partial charge in [-0.3, -0.25) is 0 Å². The van der Waals surface area contributed by atoms with E-state index in [0.717, 1.165) is 49.8 Å². The minimum absolute atomic E-state index is 0.105. The second-order valence-corrected chi connectivity index (χ2v) is 7.12. The van der Waals surface area contributed by atoms with Gasteiger partial charge in [0.1, 0.15) is 0 Å². The molecule has 0 radical (unpaired) electrons. The van der Waals surface area contributed by atoms with Crippen LogP contribution in [0.4, 0.5) is 9.59 Å². The van der Waals surface area contributed by atoms with Gasteiger partial charge < -0.3 is 0 Å². The molecule has 3 rings (SSSR count). The van der Waals surface area contributed by atoms with E-state index in [1.165, 1.54) is 0 Å². The third kappa shape index (κ3) is 1.57. The van der Waals surface area contributed by atoms with Crippen molar-refractivity contribution in [2.45, 2.75) is 50.4 Å². The Hall–Kier alpha value is -0.300. The molecule has 0 N–H and O–H groups in total.